The number of aryl methyl sites for hydroxylation is 1. The van der Waals surface area contributed by atoms with Gasteiger partial charge in [-0.25, -0.2) is 4.39 Å². The van der Waals surface area contributed by atoms with Gasteiger partial charge in [-0.1, -0.05) is 18.2 Å². The van der Waals surface area contributed by atoms with Crippen LogP contribution in [0.25, 0.3) is 10.9 Å². The van der Waals surface area contributed by atoms with Crippen LogP contribution in [0.1, 0.15) is 22.9 Å². The first-order chi connectivity index (χ1) is 10.2. The lowest BCUT2D eigenvalue weighted by atomic mass is 10.0. The Morgan fingerprint density at radius 1 is 1.14 bits per heavy atom. The van der Waals surface area contributed by atoms with Crippen molar-refractivity contribution in [2.45, 2.75) is 13.0 Å². The lowest BCUT2D eigenvalue weighted by molar-refractivity contribution is 0.606. The molecule has 0 amide bonds. The van der Waals surface area contributed by atoms with E-state index in [4.69, 9.17) is 4.98 Å². The molecule has 0 fully saturated rings. The maximum atomic E-state index is 13.4. The second-order valence-electron chi connectivity index (χ2n) is 5.04. The lowest BCUT2D eigenvalue weighted by Crippen LogP contribution is -2.19. The predicted octanol–water partition coefficient (Wildman–Crippen LogP) is 3.39. The highest BCUT2D eigenvalue weighted by molar-refractivity contribution is 5.82. The maximum Gasteiger partial charge on any atom is 0.141 e. The molecular weight excluding hydrogens is 265 g/mol. The molecule has 2 aromatic heterocycles. The number of hydrogen-bond acceptors (Lipinski definition) is 3. The van der Waals surface area contributed by atoms with Crippen LogP contribution >= 0.6 is 0 Å². The fourth-order valence-corrected chi connectivity index (χ4v) is 2.59. The van der Waals surface area contributed by atoms with Crippen molar-refractivity contribution in [3.63, 3.8) is 0 Å². The maximum absolute atomic E-state index is 13.4. The molecule has 1 aromatic carbocycles. The summed E-state index contributed by atoms with van der Waals surface area (Å²) < 4.78 is 13.4. The van der Waals surface area contributed by atoms with E-state index in [2.05, 4.69) is 23.3 Å². The van der Waals surface area contributed by atoms with Gasteiger partial charge in [0.2, 0.25) is 0 Å². The van der Waals surface area contributed by atoms with Crippen molar-refractivity contribution in [1.82, 2.24) is 15.3 Å². The van der Waals surface area contributed by atoms with E-state index >= 15 is 0 Å². The van der Waals surface area contributed by atoms with Crippen LogP contribution in [0, 0.1) is 12.7 Å². The number of pyridine rings is 2. The minimum atomic E-state index is -0.342. The number of fused-ring (bicyclic) bond motifs is 1. The summed E-state index contributed by atoms with van der Waals surface area (Å²) in [6, 6.07) is 11.4. The Kier molecular flexibility index (Phi) is 3.62. The molecule has 1 N–H and O–H groups in total. The molecule has 2 heterocycles. The van der Waals surface area contributed by atoms with Crippen LogP contribution in [-0.4, -0.2) is 17.0 Å². The summed E-state index contributed by atoms with van der Waals surface area (Å²) in [6.45, 7) is 2.06. The number of benzene rings is 1. The molecular formula is C17H16FN3. The Morgan fingerprint density at radius 2 is 1.95 bits per heavy atom. The van der Waals surface area contributed by atoms with Gasteiger partial charge in [0.05, 0.1) is 23.4 Å². The number of rotatable bonds is 3. The Morgan fingerprint density at radius 3 is 2.71 bits per heavy atom. The summed E-state index contributed by atoms with van der Waals surface area (Å²) in [6.07, 6.45) is 2.87. The van der Waals surface area contributed by atoms with Crippen LogP contribution in [0.2, 0.25) is 0 Å². The van der Waals surface area contributed by atoms with Crippen molar-refractivity contribution in [1.29, 1.82) is 0 Å². The average molecular weight is 281 g/mol. The van der Waals surface area contributed by atoms with E-state index < -0.39 is 0 Å². The van der Waals surface area contributed by atoms with Crippen LogP contribution in [0.4, 0.5) is 4.39 Å². The summed E-state index contributed by atoms with van der Waals surface area (Å²) in [5.41, 5.74) is 3.72. The standard InChI is InChI=1S/C17H16FN3/c1-11-7-16(21-15-6-4-3-5-14(11)15)17(19-2)12-8-13(18)10-20-9-12/h3-10,17,19H,1-2H3. The van der Waals surface area contributed by atoms with E-state index in [0.717, 1.165) is 27.7 Å². The first kappa shape index (κ1) is 13.6. The van der Waals surface area contributed by atoms with Crippen molar-refractivity contribution in [2.24, 2.45) is 0 Å². The van der Waals surface area contributed by atoms with Gasteiger partial charge in [0.25, 0.3) is 0 Å². The summed E-state index contributed by atoms with van der Waals surface area (Å²) in [7, 11) is 1.84. The van der Waals surface area contributed by atoms with Crippen molar-refractivity contribution in [3.05, 3.63) is 71.4 Å². The molecule has 1 atom stereocenters. The fraction of sp³-hybridized carbons (Fsp3) is 0.176. The molecule has 3 nitrogen and oxygen atoms in total. The van der Waals surface area contributed by atoms with Gasteiger partial charge in [-0.2, -0.15) is 0 Å². The molecule has 0 aliphatic heterocycles. The van der Waals surface area contributed by atoms with E-state index in [1.165, 1.54) is 12.3 Å². The zero-order valence-electron chi connectivity index (χ0n) is 12.0. The first-order valence-electron chi connectivity index (χ1n) is 6.83. The molecule has 106 valence electrons. The van der Waals surface area contributed by atoms with Crippen molar-refractivity contribution >= 4 is 10.9 Å². The highest BCUT2D eigenvalue weighted by Gasteiger charge is 2.16. The van der Waals surface area contributed by atoms with Crippen LogP contribution in [-0.2, 0) is 0 Å². The number of nitrogens with one attached hydrogen (secondary N) is 1. The summed E-state index contributed by atoms with van der Waals surface area (Å²) in [5.74, 6) is -0.342. The number of halogens is 1. The molecule has 1 unspecified atom stereocenters. The highest BCUT2D eigenvalue weighted by atomic mass is 19.1. The SMILES string of the molecule is CNC(c1cncc(F)c1)c1cc(C)c2ccccc2n1. The topological polar surface area (TPSA) is 37.8 Å². The predicted molar refractivity (Wildman–Crippen MR) is 81.6 cm³/mol. The number of para-hydroxylation sites is 1. The smallest absolute Gasteiger partial charge is 0.141 e. The molecule has 21 heavy (non-hydrogen) atoms. The molecule has 0 aliphatic carbocycles. The van der Waals surface area contributed by atoms with Gasteiger partial charge in [-0.05, 0) is 43.3 Å². The van der Waals surface area contributed by atoms with E-state index in [1.54, 1.807) is 6.20 Å². The lowest BCUT2D eigenvalue weighted by Gasteiger charge is -2.17. The van der Waals surface area contributed by atoms with Gasteiger partial charge in [-0.3, -0.25) is 9.97 Å². The van der Waals surface area contributed by atoms with Crippen molar-refractivity contribution in [2.75, 3.05) is 7.05 Å². The third kappa shape index (κ3) is 2.62. The van der Waals surface area contributed by atoms with Gasteiger partial charge in [-0.15, -0.1) is 0 Å². The molecule has 3 rings (SSSR count). The quantitative estimate of drug-likeness (QED) is 0.799. The number of aromatic nitrogens is 2. The molecule has 0 aliphatic rings. The third-order valence-corrected chi connectivity index (χ3v) is 3.59. The third-order valence-electron chi connectivity index (χ3n) is 3.59. The Balaban J connectivity index is 2.13. The molecule has 3 aromatic rings. The largest absolute Gasteiger partial charge is 0.308 e. The van der Waals surface area contributed by atoms with Gasteiger partial charge in [0, 0.05) is 11.6 Å². The zero-order chi connectivity index (χ0) is 14.8. The van der Waals surface area contributed by atoms with Gasteiger partial charge < -0.3 is 5.32 Å². The van der Waals surface area contributed by atoms with Crippen molar-refractivity contribution < 1.29 is 4.39 Å². The van der Waals surface area contributed by atoms with Crippen LogP contribution in [0.3, 0.4) is 0 Å². The molecule has 0 saturated heterocycles. The Labute approximate surface area is 122 Å². The summed E-state index contributed by atoms with van der Waals surface area (Å²) in [5, 5.41) is 4.32. The van der Waals surface area contributed by atoms with Gasteiger partial charge in [0.1, 0.15) is 5.82 Å². The average Bonchev–Trinajstić information content (AvgIpc) is 2.48. The number of nitrogens with zero attached hydrogens (tertiary/aromatic N) is 2. The zero-order valence-corrected chi connectivity index (χ0v) is 12.0. The van der Waals surface area contributed by atoms with Crippen LogP contribution in [0.5, 0.6) is 0 Å². The van der Waals surface area contributed by atoms with E-state index in [9.17, 15) is 4.39 Å². The van der Waals surface area contributed by atoms with E-state index in [1.807, 2.05) is 31.3 Å². The van der Waals surface area contributed by atoms with Crippen LogP contribution in [0.15, 0.2) is 48.8 Å². The first-order valence-corrected chi connectivity index (χ1v) is 6.83. The molecule has 0 saturated carbocycles. The molecule has 0 radical (unpaired) electrons. The Hall–Kier alpha value is -2.33. The molecule has 4 heteroatoms. The van der Waals surface area contributed by atoms with E-state index in [0.29, 0.717) is 0 Å². The van der Waals surface area contributed by atoms with E-state index in [-0.39, 0.29) is 11.9 Å². The summed E-state index contributed by atoms with van der Waals surface area (Å²) in [4.78, 5) is 8.62. The second-order valence-corrected chi connectivity index (χ2v) is 5.04. The minimum Gasteiger partial charge on any atom is -0.308 e. The fourth-order valence-electron chi connectivity index (χ4n) is 2.59. The van der Waals surface area contributed by atoms with Gasteiger partial charge >= 0.3 is 0 Å². The monoisotopic (exact) mass is 281 g/mol. The van der Waals surface area contributed by atoms with Crippen molar-refractivity contribution in [3.8, 4) is 0 Å². The molecule has 0 spiro atoms. The second kappa shape index (κ2) is 5.58. The number of hydrogen-bond donors (Lipinski definition) is 1. The Bertz CT molecular complexity index is 786. The van der Waals surface area contributed by atoms with Gasteiger partial charge in [0.15, 0.2) is 0 Å². The summed E-state index contributed by atoms with van der Waals surface area (Å²) >= 11 is 0. The minimum absolute atomic E-state index is 0.184. The molecule has 0 bridgehead atoms. The van der Waals surface area contributed by atoms with Crippen LogP contribution < -0.4 is 5.32 Å². The normalized spacial score (nSPS) is 12.5. The highest BCUT2D eigenvalue weighted by Crippen LogP contribution is 2.25.